The maximum absolute atomic E-state index is 6.31. The molecule has 4 rings (SSSR count). The third kappa shape index (κ3) is 4.20. The summed E-state index contributed by atoms with van der Waals surface area (Å²) < 4.78 is 8.09. The SMILES string of the molecule is CCCO[C@H]1C[C@@H](c2nc(C)nn2-c2ccc3c(c2)CCC3)CC[C@@H]1N.Cl. The molecule has 1 fully saturated rings. The van der Waals surface area contributed by atoms with E-state index in [0.717, 1.165) is 49.6 Å². The average molecular weight is 391 g/mol. The molecule has 0 radical (unpaired) electrons. The van der Waals surface area contributed by atoms with Crippen molar-refractivity contribution in [1.82, 2.24) is 14.8 Å². The van der Waals surface area contributed by atoms with Crippen LogP contribution < -0.4 is 5.73 Å². The second-order valence-corrected chi connectivity index (χ2v) is 7.82. The predicted octanol–water partition coefficient (Wildman–Crippen LogP) is 3.88. The van der Waals surface area contributed by atoms with Gasteiger partial charge in [-0.05, 0) is 75.1 Å². The van der Waals surface area contributed by atoms with Gasteiger partial charge in [0.1, 0.15) is 11.6 Å². The highest BCUT2D eigenvalue weighted by atomic mass is 35.5. The van der Waals surface area contributed by atoms with Crippen LogP contribution in [0, 0.1) is 6.92 Å². The number of rotatable bonds is 5. The largest absolute Gasteiger partial charge is 0.377 e. The average Bonchev–Trinajstić information content (AvgIpc) is 3.26. The molecule has 6 heteroatoms. The Morgan fingerprint density at radius 2 is 2.04 bits per heavy atom. The van der Waals surface area contributed by atoms with Crippen LogP contribution in [0.3, 0.4) is 0 Å². The van der Waals surface area contributed by atoms with Crippen molar-refractivity contribution >= 4 is 12.4 Å². The number of hydrogen-bond acceptors (Lipinski definition) is 4. The minimum Gasteiger partial charge on any atom is -0.377 e. The maximum atomic E-state index is 6.31. The van der Waals surface area contributed by atoms with Crippen LogP contribution >= 0.6 is 12.4 Å². The summed E-state index contributed by atoms with van der Waals surface area (Å²) in [5.41, 5.74) is 10.4. The number of fused-ring (bicyclic) bond motifs is 1. The summed E-state index contributed by atoms with van der Waals surface area (Å²) in [6.45, 7) is 4.90. The second-order valence-electron chi connectivity index (χ2n) is 7.82. The number of ether oxygens (including phenoxy) is 1. The van der Waals surface area contributed by atoms with Crippen molar-refractivity contribution in [3.05, 3.63) is 41.0 Å². The van der Waals surface area contributed by atoms with Crippen LogP contribution in [0.4, 0.5) is 0 Å². The number of nitrogens with two attached hydrogens (primary N) is 1. The first-order valence-electron chi connectivity index (χ1n) is 10.1. The van der Waals surface area contributed by atoms with E-state index >= 15 is 0 Å². The Kier molecular flexibility index (Phi) is 6.56. The van der Waals surface area contributed by atoms with Crippen molar-refractivity contribution in [1.29, 1.82) is 0 Å². The van der Waals surface area contributed by atoms with Gasteiger partial charge in [0, 0.05) is 18.6 Å². The Hall–Kier alpha value is -1.43. The summed E-state index contributed by atoms with van der Waals surface area (Å²) in [7, 11) is 0. The smallest absolute Gasteiger partial charge is 0.148 e. The molecule has 3 atom stereocenters. The quantitative estimate of drug-likeness (QED) is 0.841. The lowest BCUT2D eigenvalue weighted by atomic mass is 9.83. The summed E-state index contributed by atoms with van der Waals surface area (Å²) in [6, 6.07) is 6.90. The highest BCUT2D eigenvalue weighted by Crippen LogP contribution is 2.34. The summed E-state index contributed by atoms with van der Waals surface area (Å²) in [5, 5.41) is 4.72. The van der Waals surface area contributed by atoms with Crippen LogP contribution in [0.2, 0.25) is 0 Å². The highest BCUT2D eigenvalue weighted by Gasteiger charge is 2.32. The second kappa shape index (κ2) is 8.72. The zero-order chi connectivity index (χ0) is 18.1. The van der Waals surface area contributed by atoms with Gasteiger partial charge in [-0.3, -0.25) is 0 Å². The van der Waals surface area contributed by atoms with E-state index in [9.17, 15) is 0 Å². The molecule has 2 aliphatic rings. The van der Waals surface area contributed by atoms with Crippen molar-refractivity contribution in [2.45, 2.75) is 76.9 Å². The van der Waals surface area contributed by atoms with E-state index < -0.39 is 0 Å². The van der Waals surface area contributed by atoms with Gasteiger partial charge in [-0.25, -0.2) is 9.67 Å². The van der Waals surface area contributed by atoms with Crippen molar-refractivity contribution in [3.63, 3.8) is 0 Å². The zero-order valence-electron chi connectivity index (χ0n) is 16.4. The first-order valence-corrected chi connectivity index (χ1v) is 10.1. The Morgan fingerprint density at radius 3 is 2.85 bits per heavy atom. The molecule has 0 spiro atoms. The molecule has 0 bridgehead atoms. The summed E-state index contributed by atoms with van der Waals surface area (Å²) in [6.07, 6.45) is 7.76. The van der Waals surface area contributed by atoms with Crippen LogP contribution in [0.25, 0.3) is 5.69 Å². The van der Waals surface area contributed by atoms with Crippen molar-refractivity contribution in [2.75, 3.05) is 6.61 Å². The van der Waals surface area contributed by atoms with Gasteiger partial charge in [0.15, 0.2) is 0 Å². The predicted molar refractivity (Wildman–Crippen MR) is 110 cm³/mol. The van der Waals surface area contributed by atoms with Crippen molar-refractivity contribution < 1.29 is 4.74 Å². The van der Waals surface area contributed by atoms with E-state index in [1.165, 1.54) is 30.4 Å². The fourth-order valence-electron chi connectivity index (χ4n) is 4.42. The molecule has 0 saturated heterocycles. The minimum atomic E-state index is 0. The van der Waals surface area contributed by atoms with Crippen LogP contribution in [-0.4, -0.2) is 33.5 Å². The van der Waals surface area contributed by atoms with Crippen LogP contribution in [0.1, 0.15) is 67.7 Å². The monoisotopic (exact) mass is 390 g/mol. The fourth-order valence-corrected chi connectivity index (χ4v) is 4.42. The van der Waals surface area contributed by atoms with E-state index in [-0.39, 0.29) is 24.6 Å². The van der Waals surface area contributed by atoms with Crippen molar-refractivity contribution in [3.8, 4) is 5.69 Å². The molecule has 0 unspecified atom stereocenters. The lowest BCUT2D eigenvalue weighted by molar-refractivity contribution is 0.00883. The summed E-state index contributed by atoms with van der Waals surface area (Å²) >= 11 is 0. The molecule has 5 nitrogen and oxygen atoms in total. The zero-order valence-corrected chi connectivity index (χ0v) is 17.2. The topological polar surface area (TPSA) is 66.0 Å². The molecule has 0 amide bonds. The van der Waals surface area contributed by atoms with Crippen LogP contribution in [0.15, 0.2) is 18.2 Å². The number of aryl methyl sites for hydroxylation is 3. The van der Waals surface area contributed by atoms with Crippen LogP contribution in [0.5, 0.6) is 0 Å². The molecule has 1 saturated carbocycles. The van der Waals surface area contributed by atoms with Gasteiger partial charge in [-0.1, -0.05) is 13.0 Å². The van der Waals surface area contributed by atoms with Gasteiger partial charge in [0.05, 0.1) is 11.8 Å². The third-order valence-corrected chi connectivity index (χ3v) is 5.81. The third-order valence-electron chi connectivity index (χ3n) is 5.81. The first kappa shape index (κ1) is 20.3. The molecule has 148 valence electrons. The summed E-state index contributed by atoms with van der Waals surface area (Å²) in [5.74, 6) is 2.25. The molecule has 2 aliphatic carbocycles. The molecule has 1 aromatic carbocycles. The number of aromatic nitrogens is 3. The highest BCUT2D eigenvalue weighted by molar-refractivity contribution is 5.85. The normalized spacial score (nSPS) is 24.5. The van der Waals surface area contributed by atoms with Gasteiger partial charge in [0.25, 0.3) is 0 Å². The minimum absolute atomic E-state index is 0. The number of benzene rings is 1. The Bertz CT molecular complexity index is 776. The molecular weight excluding hydrogens is 360 g/mol. The standard InChI is InChI=1S/C21H30N4O.ClH/c1-3-11-26-20-13-17(8-10-19(20)22)21-23-14(2)24-25(21)18-9-7-15-5-4-6-16(15)12-18;/h7,9,12,17,19-20H,3-6,8,10-11,13,22H2,1-2H3;1H/t17-,19-,20-;/m0./s1. The van der Waals surface area contributed by atoms with E-state index in [1.807, 2.05) is 6.92 Å². The molecule has 1 aromatic heterocycles. The molecular formula is C21H31ClN4O. The van der Waals surface area contributed by atoms with E-state index in [4.69, 9.17) is 20.6 Å². The lowest BCUT2D eigenvalue weighted by Crippen LogP contribution is -2.42. The molecule has 0 aliphatic heterocycles. The molecule has 1 heterocycles. The summed E-state index contributed by atoms with van der Waals surface area (Å²) in [4.78, 5) is 4.80. The lowest BCUT2D eigenvalue weighted by Gasteiger charge is -2.33. The van der Waals surface area contributed by atoms with E-state index in [0.29, 0.717) is 5.92 Å². The number of nitrogens with zero attached hydrogens (tertiary/aromatic N) is 3. The molecule has 2 N–H and O–H groups in total. The maximum Gasteiger partial charge on any atom is 0.148 e. The van der Waals surface area contributed by atoms with Gasteiger partial charge >= 0.3 is 0 Å². The first-order chi connectivity index (χ1) is 12.7. The Labute approximate surface area is 168 Å². The fraction of sp³-hybridized carbons (Fsp3) is 0.619. The van der Waals surface area contributed by atoms with Gasteiger partial charge in [-0.2, -0.15) is 5.10 Å². The van der Waals surface area contributed by atoms with E-state index in [1.54, 1.807) is 0 Å². The van der Waals surface area contributed by atoms with Crippen molar-refractivity contribution in [2.24, 2.45) is 5.73 Å². The molecule has 2 aromatic rings. The van der Waals surface area contributed by atoms with Gasteiger partial charge < -0.3 is 10.5 Å². The van der Waals surface area contributed by atoms with Gasteiger partial charge in [0.2, 0.25) is 0 Å². The van der Waals surface area contributed by atoms with Gasteiger partial charge in [-0.15, -0.1) is 12.4 Å². The number of hydrogen-bond donors (Lipinski definition) is 1. The molecule has 27 heavy (non-hydrogen) atoms. The number of halogens is 1. The Morgan fingerprint density at radius 1 is 1.22 bits per heavy atom. The van der Waals surface area contributed by atoms with E-state index in [2.05, 4.69) is 29.8 Å². The van der Waals surface area contributed by atoms with Crippen LogP contribution in [-0.2, 0) is 17.6 Å². The Balaban J connectivity index is 0.00000210.